The molecular weight excluding hydrogens is 546 g/mol. The zero-order chi connectivity index (χ0) is 28.5. The van der Waals surface area contributed by atoms with Crippen molar-refractivity contribution in [3.63, 3.8) is 0 Å². The highest BCUT2D eigenvalue weighted by atomic mass is 32.1. The van der Waals surface area contributed by atoms with Gasteiger partial charge in [0, 0.05) is 30.0 Å². The number of hydrogen-bond acceptors (Lipinski definition) is 8. The standard InChI is InChI=1S/C34H37N3O4S/c1-2-39-33(38)24-13-14-29-30(18-24)42-34(36-29)35-16-15-25(17-21-7-6-8-21)40-20-28-31(37-41-32(28)23-11-12-23)27-19-26(27)22-9-4-3-5-10-22/h3-5,9-10,13-14,16,18,21,23,25-27H,2,6-8,11-12,15,17,19-20H2,1H3. The van der Waals surface area contributed by atoms with Crippen LogP contribution in [0.3, 0.4) is 0 Å². The van der Waals surface area contributed by atoms with Gasteiger partial charge in [0.15, 0.2) is 0 Å². The second kappa shape index (κ2) is 12.1. The van der Waals surface area contributed by atoms with Gasteiger partial charge in [0.1, 0.15) is 5.76 Å². The summed E-state index contributed by atoms with van der Waals surface area (Å²) >= 11 is 1.48. The highest BCUT2D eigenvalue weighted by Crippen LogP contribution is 2.56. The number of thiazole rings is 1. The predicted molar refractivity (Wildman–Crippen MR) is 164 cm³/mol. The molecule has 3 aliphatic rings. The van der Waals surface area contributed by atoms with Crippen LogP contribution in [0.1, 0.15) is 109 Å². The fourth-order valence-electron chi connectivity index (χ4n) is 6.09. The molecule has 3 atom stereocenters. The summed E-state index contributed by atoms with van der Waals surface area (Å²) in [6.45, 7) is 2.71. The number of aromatic nitrogens is 2. The SMILES string of the molecule is CCOC(=O)c1ccc2nc(N=CCC(CC3CCC3)OCc3c(C4CC4c4ccccc4)noc3C3CC3)sc2c1. The van der Waals surface area contributed by atoms with Crippen molar-refractivity contribution >= 4 is 38.9 Å². The molecule has 218 valence electrons. The van der Waals surface area contributed by atoms with Crippen molar-refractivity contribution in [2.45, 2.75) is 88.8 Å². The van der Waals surface area contributed by atoms with Gasteiger partial charge in [-0.15, -0.1) is 0 Å². The summed E-state index contributed by atoms with van der Waals surface area (Å²) in [5.74, 6) is 2.89. The van der Waals surface area contributed by atoms with Gasteiger partial charge in [0.05, 0.1) is 40.8 Å². The van der Waals surface area contributed by atoms with Gasteiger partial charge >= 0.3 is 5.97 Å². The van der Waals surface area contributed by atoms with Crippen LogP contribution in [0.4, 0.5) is 5.13 Å². The molecule has 2 aromatic carbocycles. The minimum Gasteiger partial charge on any atom is -0.462 e. The maximum absolute atomic E-state index is 12.1. The van der Waals surface area contributed by atoms with E-state index < -0.39 is 0 Å². The van der Waals surface area contributed by atoms with Gasteiger partial charge in [-0.1, -0.05) is 66.1 Å². The molecule has 8 heteroatoms. The molecule has 7 nitrogen and oxygen atoms in total. The molecule has 3 aliphatic carbocycles. The Bertz CT molecular complexity index is 1570. The second-order valence-corrected chi connectivity index (χ2v) is 13.0. The normalized spacial score (nSPS) is 21.1. The lowest BCUT2D eigenvalue weighted by molar-refractivity contribution is 0.0196. The van der Waals surface area contributed by atoms with E-state index in [1.165, 1.54) is 54.6 Å². The fraction of sp³-hybridized carbons (Fsp3) is 0.471. The topological polar surface area (TPSA) is 86.8 Å². The first-order valence-electron chi connectivity index (χ1n) is 15.4. The third-order valence-electron chi connectivity index (χ3n) is 8.91. The Morgan fingerprint density at radius 3 is 2.76 bits per heavy atom. The van der Waals surface area contributed by atoms with Gasteiger partial charge < -0.3 is 14.0 Å². The number of esters is 1. The van der Waals surface area contributed by atoms with Crippen LogP contribution in [-0.4, -0.2) is 35.0 Å². The maximum atomic E-state index is 12.1. The first kappa shape index (κ1) is 27.5. The molecule has 0 spiro atoms. The maximum Gasteiger partial charge on any atom is 0.338 e. The van der Waals surface area contributed by atoms with Crippen molar-refractivity contribution in [3.05, 3.63) is 76.7 Å². The van der Waals surface area contributed by atoms with Crippen molar-refractivity contribution in [2.24, 2.45) is 10.9 Å². The minimum atomic E-state index is -0.313. The number of benzene rings is 2. The Morgan fingerprint density at radius 1 is 1.14 bits per heavy atom. The predicted octanol–water partition coefficient (Wildman–Crippen LogP) is 8.48. The number of carbonyl (C=O) groups excluding carboxylic acids is 1. The van der Waals surface area contributed by atoms with Gasteiger partial charge in [0.25, 0.3) is 0 Å². The average molecular weight is 584 g/mol. The lowest BCUT2D eigenvalue weighted by Gasteiger charge is -2.29. The van der Waals surface area contributed by atoms with E-state index in [4.69, 9.17) is 19.0 Å². The summed E-state index contributed by atoms with van der Waals surface area (Å²) in [5, 5.41) is 5.30. The zero-order valence-electron chi connectivity index (χ0n) is 24.0. The average Bonchev–Trinajstić information content (AvgIpc) is 3.91. The number of fused-ring (bicyclic) bond motifs is 1. The lowest BCUT2D eigenvalue weighted by atomic mass is 9.81. The van der Waals surface area contributed by atoms with Gasteiger partial charge in [-0.05, 0) is 68.2 Å². The summed E-state index contributed by atoms with van der Waals surface area (Å²) in [6, 6.07) is 16.2. The van der Waals surface area contributed by atoms with Crippen molar-refractivity contribution < 1.29 is 18.8 Å². The van der Waals surface area contributed by atoms with Crippen molar-refractivity contribution in [2.75, 3.05) is 6.61 Å². The third kappa shape index (κ3) is 6.06. The van der Waals surface area contributed by atoms with E-state index in [0.29, 0.717) is 41.7 Å². The number of carbonyl (C=O) groups is 1. The Morgan fingerprint density at radius 2 is 2.00 bits per heavy atom. The van der Waals surface area contributed by atoms with Crippen molar-refractivity contribution in [3.8, 4) is 0 Å². The smallest absolute Gasteiger partial charge is 0.338 e. The Balaban J connectivity index is 1.04. The first-order valence-corrected chi connectivity index (χ1v) is 16.2. The van der Waals surface area contributed by atoms with E-state index in [0.717, 1.165) is 46.9 Å². The van der Waals surface area contributed by atoms with Gasteiger partial charge in [0.2, 0.25) is 5.13 Å². The molecule has 7 rings (SSSR count). The third-order valence-corrected chi connectivity index (χ3v) is 9.84. The number of nitrogens with zero attached hydrogens (tertiary/aromatic N) is 3. The van der Waals surface area contributed by atoms with E-state index in [9.17, 15) is 4.79 Å². The van der Waals surface area contributed by atoms with Crippen LogP contribution in [0.25, 0.3) is 10.2 Å². The second-order valence-electron chi connectivity index (χ2n) is 12.0. The Hall–Kier alpha value is -3.36. The summed E-state index contributed by atoms with van der Waals surface area (Å²) in [7, 11) is 0. The van der Waals surface area contributed by atoms with E-state index in [2.05, 4.69) is 40.5 Å². The highest BCUT2D eigenvalue weighted by Gasteiger charge is 2.45. The van der Waals surface area contributed by atoms with Crippen LogP contribution in [0, 0.1) is 5.92 Å². The van der Waals surface area contributed by atoms with E-state index in [-0.39, 0.29) is 12.1 Å². The van der Waals surface area contributed by atoms with Gasteiger partial charge in [-0.25, -0.2) is 14.8 Å². The molecule has 3 fully saturated rings. The number of aliphatic imine (C=N–C) groups is 1. The molecule has 0 bridgehead atoms. The number of hydrogen-bond donors (Lipinski definition) is 0. The van der Waals surface area contributed by atoms with Gasteiger partial charge in [-0.2, -0.15) is 0 Å². The van der Waals surface area contributed by atoms with Crippen LogP contribution >= 0.6 is 11.3 Å². The van der Waals surface area contributed by atoms with E-state index >= 15 is 0 Å². The summed E-state index contributed by atoms with van der Waals surface area (Å²) < 4.78 is 18.7. The van der Waals surface area contributed by atoms with Gasteiger partial charge in [-0.3, -0.25) is 0 Å². The summed E-state index contributed by atoms with van der Waals surface area (Å²) in [4.78, 5) is 21.5. The molecule has 0 saturated heterocycles. The summed E-state index contributed by atoms with van der Waals surface area (Å²) in [6.07, 6.45) is 11.2. The summed E-state index contributed by atoms with van der Waals surface area (Å²) in [5.41, 5.74) is 5.07. The highest BCUT2D eigenvalue weighted by molar-refractivity contribution is 7.22. The van der Waals surface area contributed by atoms with E-state index in [1.807, 2.05) is 25.3 Å². The number of rotatable bonds is 13. The minimum absolute atomic E-state index is 0.0859. The number of ether oxygens (including phenoxy) is 2. The molecule has 0 N–H and O–H groups in total. The molecule has 0 aliphatic heterocycles. The van der Waals surface area contributed by atoms with Crippen LogP contribution in [0.2, 0.25) is 0 Å². The first-order chi connectivity index (χ1) is 20.7. The van der Waals surface area contributed by atoms with Crippen LogP contribution < -0.4 is 0 Å². The fourth-order valence-corrected chi connectivity index (χ4v) is 6.97. The zero-order valence-corrected chi connectivity index (χ0v) is 24.9. The molecule has 0 amide bonds. The molecule has 42 heavy (non-hydrogen) atoms. The van der Waals surface area contributed by atoms with Crippen LogP contribution in [-0.2, 0) is 16.1 Å². The monoisotopic (exact) mass is 583 g/mol. The molecule has 0 radical (unpaired) electrons. The molecule has 3 saturated carbocycles. The Labute approximate surface area is 250 Å². The van der Waals surface area contributed by atoms with Crippen molar-refractivity contribution in [1.82, 2.24) is 10.1 Å². The lowest BCUT2D eigenvalue weighted by Crippen LogP contribution is -2.22. The Kier molecular flexibility index (Phi) is 7.91. The molecule has 2 heterocycles. The molecule has 4 aromatic rings. The largest absolute Gasteiger partial charge is 0.462 e. The van der Waals surface area contributed by atoms with Crippen molar-refractivity contribution in [1.29, 1.82) is 0 Å². The quantitative estimate of drug-likeness (QED) is 0.116. The van der Waals surface area contributed by atoms with Crippen LogP contribution in [0.5, 0.6) is 0 Å². The molecule has 3 unspecified atom stereocenters. The van der Waals surface area contributed by atoms with E-state index in [1.54, 1.807) is 6.07 Å². The molecular formula is C34H37N3O4S. The van der Waals surface area contributed by atoms with Crippen LogP contribution in [0.15, 0.2) is 58.0 Å². The molecule has 2 aromatic heterocycles.